The molecule has 0 spiro atoms. The Morgan fingerprint density at radius 2 is 2.00 bits per heavy atom. The minimum absolute atomic E-state index is 0.0557. The van der Waals surface area contributed by atoms with Gasteiger partial charge in [0.15, 0.2) is 0 Å². The van der Waals surface area contributed by atoms with Crippen molar-refractivity contribution in [1.29, 1.82) is 0 Å². The molecule has 1 aromatic carbocycles. The van der Waals surface area contributed by atoms with E-state index in [2.05, 4.69) is 39.8 Å². The number of aliphatic imine (C=N–C) groups is 3. The molecule has 0 radical (unpaired) electrons. The Balaban J connectivity index is 2.36. The summed E-state index contributed by atoms with van der Waals surface area (Å²) in [7, 11) is 0. The Hall–Kier alpha value is -2.73. The van der Waals surface area contributed by atoms with Crippen LogP contribution in [0.5, 0.6) is 0 Å². The van der Waals surface area contributed by atoms with Gasteiger partial charge < -0.3 is 5.32 Å². The van der Waals surface area contributed by atoms with Gasteiger partial charge in [-0.25, -0.2) is 0 Å². The molecule has 0 bridgehead atoms. The predicted octanol–water partition coefficient (Wildman–Crippen LogP) is 4.59. The lowest BCUT2D eigenvalue weighted by Crippen LogP contribution is -2.18. The zero-order valence-electron chi connectivity index (χ0n) is 16.0. The molecule has 6 heteroatoms. The second-order valence-electron chi connectivity index (χ2n) is 5.81. The second kappa shape index (κ2) is 9.83. The predicted molar refractivity (Wildman–Crippen MR) is 118 cm³/mol. The smallest absolute Gasteiger partial charge is 0.217 e. The molecule has 0 fully saturated rings. The van der Waals surface area contributed by atoms with E-state index in [-0.39, 0.29) is 5.91 Å². The first-order valence-electron chi connectivity index (χ1n) is 8.60. The van der Waals surface area contributed by atoms with Gasteiger partial charge in [0.05, 0.1) is 17.3 Å². The summed E-state index contributed by atoms with van der Waals surface area (Å²) in [5.74, 6) is 0.438. The molecular formula is C21H24N4OS. The van der Waals surface area contributed by atoms with Crippen LogP contribution in [0.3, 0.4) is 0 Å². The molecule has 0 saturated heterocycles. The van der Waals surface area contributed by atoms with Gasteiger partial charge in [-0.2, -0.15) is 0 Å². The van der Waals surface area contributed by atoms with Gasteiger partial charge in [-0.15, -0.1) is 11.8 Å². The van der Waals surface area contributed by atoms with Crippen LogP contribution < -0.4 is 5.32 Å². The molecule has 1 amide bonds. The highest BCUT2D eigenvalue weighted by atomic mass is 32.2. The van der Waals surface area contributed by atoms with Gasteiger partial charge >= 0.3 is 0 Å². The quantitative estimate of drug-likeness (QED) is 0.427. The maximum absolute atomic E-state index is 11.0. The van der Waals surface area contributed by atoms with Crippen LogP contribution in [0.25, 0.3) is 5.57 Å². The Morgan fingerprint density at radius 1 is 1.22 bits per heavy atom. The lowest BCUT2D eigenvalue weighted by atomic mass is 9.93. The third-order valence-electron chi connectivity index (χ3n) is 3.96. The second-order valence-corrected chi connectivity index (χ2v) is 6.83. The number of rotatable bonds is 7. The van der Waals surface area contributed by atoms with E-state index in [1.54, 1.807) is 0 Å². The molecule has 0 unspecified atom stereocenters. The lowest BCUT2D eigenvalue weighted by molar-refractivity contribution is -0.118. The number of carbonyl (C=O) groups excluding carboxylic acids is 1. The minimum Gasteiger partial charge on any atom is -0.347 e. The molecule has 0 saturated carbocycles. The van der Waals surface area contributed by atoms with Gasteiger partial charge in [0.25, 0.3) is 0 Å². The SMILES string of the molecule is C=N/C(C)=C1/C=C(c2ccc(SCNC(C)=O)c(N=C)c2)C=CC1=NCC. The third kappa shape index (κ3) is 5.37. The van der Waals surface area contributed by atoms with Crippen molar-refractivity contribution >= 4 is 48.1 Å². The van der Waals surface area contributed by atoms with Crippen molar-refractivity contribution in [1.82, 2.24) is 5.32 Å². The summed E-state index contributed by atoms with van der Waals surface area (Å²) in [6.45, 7) is 13.5. The van der Waals surface area contributed by atoms with Crippen molar-refractivity contribution in [2.24, 2.45) is 15.0 Å². The van der Waals surface area contributed by atoms with Crippen molar-refractivity contribution in [3.05, 3.63) is 53.3 Å². The fourth-order valence-electron chi connectivity index (χ4n) is 2.56. The zero-order chi connectivity index (χ0) is 19.8. The molecule has 2 rings (SSSR count). The molecule has 1 aromatic rings. The minimum atomic E-state index is -0.0557. The number of benzene rings is 1. The van der Waals surface area contributed by atoms with Crippen molar-refractivity contribution in [3.63, 3.8) is 0 Å². The summed E-state index contributed by atoms with van der Waals surface area (Å²) in [4.78, 5) is 24.7. The average Bonchev–Trinajstić information content (AvgIpc) is 2.67. The Labute approximate surface area is 164 Å². The highest BCUT2D eigenvalue weighted by Gasteiger charge is 2.14. The van der Waals surface area contributed by atoms with Crippen molar-refractivity contribution in [2.75, 3.05) is 12.4 Å². The first-order valence-corrected chi connectivity index (χ1v) is 9.59. The summed E-state index contributed by atoms with van der Waals surface area (Å²) in [6.07, 6.45) is 6.12. The molecular weight excluding hydrogens is 356 g/mol. The molecule has 0 aromatic heterocycles. The summed E-state index contributed by atoms with van der Waals surface area (Å²) in [6, 6.07) is 6.03. The summed E-state index contributed by atoms with van der Waals surface area (Å²) in [5.41, 5.74) is 5.59. The summed E-state index contributed by atoms with van der Waals surface area (Å²) >= 11 is 1.52. The highest BCUT2D eigenvalue weighted by Crippen LogP contribution is 2.34. The van der Waals surface area contributed by atoms with Crippen LogP contribution >= 0.6 is 11.8 Å². The molecule has 27 heavy (non-hydrogen) atoms. The maximum Gasteiger partial charge on any atom is 0.217 e. The van der Waals surface area contributed by atoms with Crippen LogP contribution in [0.1, 0.15) is 26.3 Å². The van der Waals surface area contributed by atoms with Crippen LogP contribution in [0.4, 0.5) is 5.69 Å². The Kier molecular flexibility index (Phi) is 7.49. The van der Waals surface area contributed by atoms with E-state index in [1.807, 2.05) is 44.2 Å². The van der Waals surface area contributed by atoms with E-state index in [0.717, 1.165) is 38.7 Å². The Bertz CT molecular complexity index is 878. The topological polar surface area (TPSA) is 66.2 Å². The monoisotopic (exact) mass is 380 g/mol. The highest BCUT2D eigenvalue weighted by molar-refractivity contribution is 7.99. The van der Waals surface area contributed by atoms with E-state index < -0.39 is 0 Å². The number of hydrogen-bond donors (Lipinski definition) is 1. The fraction of sp³-hybridized carbons (Fsp3) is 0.238. The van der Waals surface area contributed by atoms with Crippen LogP contribution in [0.2, 0.25) is 0 Å². The maximum atomic E-state index is 11.0. The number of carbonyl (C=O) groups is 1. The summed E-state index contributed by atoms with van der Waals surface area (Å²) in [5, 5.41) is 2.77. The number of amides is 1. The van der Waals surface area contributed by atoms with Gasteiger partial charge in [-0.05, 0) is 62.7 Å². The van der Waals surface area contributed by atoms with Crippen LogP contribution in [-0.2, 0) is 4.79 Å². The molecule has 0 heterocycles. The van der Waals surface area contributed by atoms with Crippen LogP contribution in [0, 0.1) is 0 Å². The molecule has 1 N–H and O–H groups in total. The first kappa shape index (κ1) is 20.6. The van der Waals surface area contributed by atoms with E-state index in [1.165, 1.54) is 18.7 Å². The molecule has 0 aliphatic heterocycles. The van der Waals surface area contributed by atoms with Gasteiger partial charge in [-0.1, -0.05) is 12.1 Å². The first-order chi connectivity index (χ1) is 13.0. The number of allylic oxidation sites excluding steroid dienone is 6. The van der Waals surface area contributed by atoms with Crippen molar-refractivity contribution < 1.29 is 4.79 Å². The van der Waals surface area contributed by atoms with Gasteiger partial charge in [0.1, 0.15) is 0 Å². The van der Waals surface area contributed by atoms with Gasteiger partial charge in [0, 0.05) is 29.6 Å². The fourth-order valence-corrected chi connectivity index (χ4v) is 3.42. The number of hydrogen-bond acceptors (Lipinski definition) is 5. The largest absolute Gasteiger partial charge is 0.347 e. The standard InChI is InChI=1S/C21H24N4OS/c1-6-24-19-9-7-16(11-18(19)14(2)22-4)17-8-10-21(20(12-17)23-5)27-13-25-15(3)26/h7-12H,4-6,13H2,1-3H3,(H,25,26)/b18-14-,24-19?. The lowest BCUT2D eigenvalue weighted by Gasteiger charge is -2.15. The van der Waals surface area contributed by atoms with E-state index in [9.17, 15) is 4.79 Å². The third-order valence-corrected chi connectivity index (χ3v) is 4.91. The number of nitrogens with zero attached hydrogens (tertiary/aromatic N) is 3. The van der Waals surface area contributed by atoms with E-state index >= 15 is 0 Å². The van der Waals surface area contributed by atoms with Crippen molar-refractivity contribution in [2.45, 2.75) is 25.7 Å². The summed E-state index contributed by atoms with van der Waals surface area (Å²) < 4.78 is 0. The number of thioether (sulfide) groups is 1. The number of nitrogens with one attached hydrogen (secondary N) is 1. The van der Waals surface area contributed by atoms with Crippen LogP contribution in [-0.4, -0.2) is 37.5 Å². The normalized spacial score (nSPS) is 16.7. The zero-order valence-corrected chi connectivity index (χ0v) is 16.8. The molecule has 0 atom stereocenters. The van der Waals surface area contributed by atoms with Gasteiger partial charge in [0.2, 0.25) is 5.91 Å². The Morgan fingerprint density at radius 3 is 2.63 bits per heavy atom. The molecule has 1 aliphatic carbocycles. The molecule has 1 aliphatic rings. The van der Waals surface area contributed by atoms with E-state index in [4.69, 9.17) is 0 Å². The molecule has 140 valence electrons. The average molecular weight is 381 g/mol. The van der Waals surface area contributed by atoms with E-state index in [0.29, 0.717) is 12.4 Å². The molecule has 5 nitrogen and oxygen atoms in total. The van der Waals surface area contributed by atoms with Crippen molar-refractivity contribution in [3.8, 4) is 0 Å². The van der Waals surface area contributed by atoms with Gasteiger partial charge in [-0.3, -0.25) is 19.8 Å². The van der Waals surface area contributed by atoms with Crippen LogP contribution in [0.15, 0.2) is 67.6 Å².